The fourth-order valence-corrected chi connectivity index (χ4v) is 3.54. The number of amides is 2. The number of aryl methyl sites for hydroxylation is 3. The average molecular weight is 493 g/mol. The largest absolute Gasteiger partial charge is 0.508 e. The molecule has 3 aromatic rings. The molecule has 0 saturated heterocycles. The number of carbonyl (C=O) groups excluding carboxylic acids is 2. The van der Waals surface area contributed by atoms with E-state index in [-0.39, 0.29) is 23.6 Å². The van der Waals surface area contributed by atoms with Crippen LogP contribution in [0.3, 0.4) is 0 Å². The average Bonchev–Trinajstić information content (AvgIpc) is 2.84. The predicted molar refractivity (Wildman–Crippen MR) is 132 cm³/mol. The molecule has 1 aromatic carbocycles. The summed E-state index contributed by atoms with van der Waals surface area (Å²) in [6.45, 7) is 3.53. The molecule has 188 valence electrons. The maximum Gasteiger partial charge on any atom is 0.328 e. The molecular weight excluding hydrogens is 464 g/mol. The lowest BCUT2D eigenvalue weighted by Gasteiger charge is -2.17. The second-order valence-corrected chi connectivity index (χ2v) is 8.08. The number of hydrogen-bond donors (Lipinski definition) is 5. The molecule has 11 heteroatoms. The van der Waals surface area contributed by atoms with Crippen molar-refractivity contribution in [2.24, 2.45) is 0 Å². The molecule has 0 fully saturated rings. The van der Waals surface area contributed by atoms with Crippen molar-refractivity contribution in [2.75, 3.05) is 18.4 Å². The Balaban J connectivity index is 1.57. The molecular formula is C25H28N6O5. The van der Waals surface area contributed by atoms with Crippen molar-refractivity contribution in [1.82, 2.24) is 25.6 Å². The van der Waals surface area contributed by atoms with Crippen LogP contribution in [0.25, 0.3) is 0 Å². The molecule has 0 aliphatic carbocycles. The van der Waals surface area contributed by atoms with Gasteiger partial charge in [0.1, 0.15) is 17.5 Å². The molecule has 3 rings (SSSR count). The zero-order valence-electron chi connectivity index (χ0n) is 20.0. The third-order valence-corrected chi connectivity index (χ3v) is 5.30. The number of phenols is 1. The van der Waals surface area contributed by atoms with Crippen molar-refractivity contribution in [1.29, 1.82) is 0 Å². The van der Waals surface area contributed by atoms with Crippen molar-refractivity contribution in [3.8, 4) is 5.75 Å². The summed E-state index contributed by atoms with van der Waals surface area (Å²) in [5, 5.41) is 27.1. The van der Waals surface area contributed by atoms with E-state index in [0.717, 1.165) is 18.4 Å². The van der Waals surface area contributed by atoms with Crippen LogP contribution in [0.1, 0.15) is 44.2 Å². The van der Waals surface area contributed by atoms with Gasteiger partial charge < -0.3 is 26.2 Å². The lowest BCUT2D eigenvalue weighted by atomic mass is 10.1. The summed E-state index contributed by atoms with van der Waals surface area (Å²) in [6.07, 6.45) is 2.98. The van der Waals surface area contributed by atoms with Crippen LogP contribution >= 0.6 is 0 Å². The van der Waals surface area contributed by atoms with Crippen molar-refractivity contribution in [3.05, 3.63) is 76.9 Å². The lowest BCUT2D eigenvalue weighted by molar-refractivity contribution is -0.139. The Hall–Kier alpha value is -4.54. The fourth-order valence-electron chi connectivity index (χ4n) is 3.54. The number of anilines is 1. The molecule has 36 heavy (non-hydrogen) atoms. The quantitative estimate of drug-likeness (QED) is 0.251. The topological polar surface area (TPSA) is 166 Å². The van der Waals surface area contributed by atoms with Gasteiger partial charge in [0.05, 0.1) is 17.0 Å². The standard InChI is InChI=1S/C25H28N6O5/c1-15-21(16(2)30-25(29-15)27-12-6-8-17-7-5-9-18(32)13-17)23(34)31-20(24(35)36)14-28-22(33)19-10-3-4-11-26-19/h3-5,7,9-11,13,20,32H,6,8,12,14H2,1-2H3,(H,28,33)(H,31,34)(H,35,36)(H,27,29,30)/t20-/m0/s1. The third kappa shape index (κ3) is 7.23. The van der Waals surface area contributed by atoms with E-state index in [2.05, 4.69) is 30.9 Å². The normalized spacial score (nSPS) is 11.4. The molecule has 0 spiro atoms. The summed E-state index contributed by atoms with van der Waals surface area (Å²) in [6, 6.07) is 10.5. The number of nitrogens with one attached hydrogen (secondary N) is 3. The van der Waals surface area contributed by atoms with Crippen LogP contribution in [0, 0.1) is 13.8 Å². The zero-order chi connectivity index (χ0) is 26.1. The molecule has 0 saturated carbocycles. The molecule has 2 amide bonds. The number of phenolic OH excluding ortho intramolecular Hbond substituents is 1. The van der Waals surface area contributed by atoms with Gasteiger partial charge in [-0.25, -0.2) is 14.8 Å². The molecule has 5 N–H and O–H groups in total. The van der Waals surface area contributed by atoms with Crippen LogP contribution in [0.15, 0.2) is 48.7 Å². The van der Waals surface area contributed by atoms with E-state index >= 15 is 0 Å². The highest BCUT2D eigenvalue weighted by atomic mass is 16.4. The first-order valence-electron chi connectivity index (χ1n) is 11.3. The Bertz CT molecular complexity index is 1210. The van der Waals surface area contributed by atoms with E-state index in [0.29, 0.717) is 23.9 Å². The van der Waals surface area contributed by atoms with Crippen LogP contribution in [0.4, 0.5) is 5.95 Å². The second kappa shape index (κ2) is 12.2. The van der Waals surface area contributed by atoms with Crippen LogP contribution in [0.5, 0.6) is 5.75 Å². The van der Waals surface area contributed by atoms with Crippen molar-refractivity contribution in [3.63, 3.8) is 0 Å². The Morgan fingerprint density at radius 3 is 2.39 bits per heavy atom. The molecule has 11 nitrogen and oxygen atoms in total. The van der Waals surface area contributed by atoms with Crippen LogP contribution in [0.2, 0.25) is 0 Å². The van der Waals surface area contributed by atoms with E-state index in [1.165, 1.54) is 12.3 Å². The Morgan fingerprint density at radius 2 is 1.75 bits per heavy atom. The molecule has 0 unspecified atom stereocenters. The minimum absolute atomic E-state index is 0.137. The van der Waals surface area contributed by atoms with Gasteiger partial charge in [-0.3, -0.25) is 14.6 Å². The first kappa shape index (κ1) is 26.1. The maximum atomic E-state index is 12.9. The number of carboxylic acids is 1. The van der Waals surface area contributed by atoms with Gasteiger partial charge in [0.15, 0.2) is 0 Å². The summed E-state index contributed by atoms with van der Waals surface area (Å²) >= 11 is 0. The first-order valence-corrected chi connectivity index (χ1v) is 11.3. The molecule has 0 aliphatic heterocycles. The van der Waals surface area contributed by atoms with Crippen molar-refractivity contribution < 1.29 is 24.6 Å². The predicted octanol–water partition coefficient (Wildman–Crippen LogP) is 1.85. The number of hydrogen-bond acceptors (Lipinski definition) is 8. The van der Waals surface area contributed by atoms with Crippen LogP contribution in [-0.4, -0.2) is 62.1 Å². The Kier molecular flexibility index (Phi) is 8.87. The number of benzene rings is 1. The van der Waals surface area contributed by atoms with Crippen LogP contribution in [-0.2, 0) is 11.2 Å². The molecule has 0 aliphatic rings. The number of aromatic nitrogens is 3. The SMILES string of the molecule is Cc1nc(NCCCc2cccc(O)c2)nc(C)c1C(=O)N[C@@H](CNC(=O)c1ccccn1)C(=O)O. The molecule has 0 radical (unpaired) electrons. The number of rotatable bonds is 11. The number of carbonyl (C=O) groups is 3. The lowest BCUT2D eigenvalue weighted by Crippen LogP contribution is -2.48. The Morgan fingerprint density at radius 1 is 1.00 bits per heavy atom. The zero-order valence-corrected chi connectivity index (χ0v) is 20.0. The highest BCUT2D eigenvalue weighted by Gasteiger charge is 2.24. The molecule has 0 bridgehead atoms. The number of pyridine rings is 1. The van der Waals surface area contributed by atoms with Gasteiger partial charge in [-0.2, -0.15) is 0 Å². The van der Waals surface area contributed by atoms with Gasteiger partial charge in [-0.15, -0.1) is 0 Å². The summed E-state index contributed by atoms with van der Waals surface area (Å²) in [4.78, 5) is 49.3. The van der Waals surface area contributed by atoms with Gasteiger partial charge in [0.25, 0.3) is 11.8 Å². The van der Waals surface area contributed by atoms with Gasteiger partial charge in [0.2, 0.25) is 5.95 Å². The van der Waals surface area contributed by atoms with E-state index in [1.807, 2.05) is 6.07 Å². The van der Waals surface area contributed by atoms with Crippen LogP contribution < -0.4 is 16.0 Å². The first-order chi connectivity index (χ1) is 17.2. The van der Waals surface area contributed by atoms with E-state index in [1.54, 1.807) is 44.2 Å². The summed E-state index contributed by atoms with van der Waals surface area (Å²) in [7, 11) is 0. The third-order valence-electron chi connectivity index (χ3n) is 5.30. The minimum Gasteiger partial charge on any atom is -0.508 e. The fraction of sp³-hybridized carbons (Fsp3) is 0.280. The molecule has 1 atom stereocenters. The van der Waals surface area contributed by atoms with E-state index < -0.39 is 23.8 Å². The smallest absolute Gasteiger partial charge is 0.328 e. The van der Waals surface area contributed by atoms with Gasteiger partial charge >= 0.3 is 5.97 Å². The van der Waals surface area contributed by atoms with Crippen molar-refractivity contribution >= 4 is 23.7 Å². The minimum atomic E-state index is -1.36. The number of carboxylic acid groups (broad SMARTS) is 1. The highest BCUT2D eigenvalue weighted by Crippen LogP contribution is 2.15. The molecule has 2 aromatic heterocycles. The number of aliphatic carboxylic acids is 1. The van der Waals surface area contributed by atoms with Gasteiger partial charge in [-0.1, -0.05) is 18.2 Å². The second-order valence-electron chi connectivity index (χ2n) is 8.08. The highest BCUT2D eigenvalue weighted by molar-refractivity contribution is 5.99. The van der Waals surface area contributed by atoms with E-state index in [9.17, 15) is 24.6 Å². The summed E-state index contributed by atoms with van der Waals surface area (Å²) in [5.41, 5.74) is 2.09. The Labute approximate surface area is 208 Å². The maximum absolute atomic E-state index is 12.9. The monoisotopic (exact) mass is 492 g/mol. The van der Waals surface area contributed by atoms with Crippen molar-refractivity contribution in [2.45, 2.75) is 32.7 Å². The number of aromatic hydroxyl groups is 1. The number of nitrogens with zero attached hydrogens (tertiary/aromatic N) is 3. The summed E-state index contributed by atoms with van der Waals surface area (Å²) in [5.74, 6) is -1.92. The molecule has 2 heterocycles. The van der Waals surface area contributed by atoms with Gasteiger partial charge in [-0.05, 0) is 56.5 Å². The van der Waals surface area contributed by atoms with E-state index in [4.69, 9.17) is 0 Å². The summed E-state index contributed by atoms with van der Waals surface area (Å²) < 4.78 is 0. The van der Waals surface area contributed by atoms with Gasteiger partial charge in [0, 0.05) is 19.3 Å².